The number of fused-ring (bicyclic) bond motifs is 3. The van der Waals surface area contributed by atoms with Crippen LogP contribution in [0, 0.1) is 6.92 Å². The average molecular weight is 320 g/mol. The van der Waals surface area contributed by atoms with Crippen molar-refractivity contribution in [3.63, 3.8) is 0 Å². The van der Waals surface area contributed by atoms with Crippen molar-refractivity contribution in [1.82, 2.24) is 9.88 Å². The van der Waals surface area contributed by atoms with Gasteiger partial charge in [0.1, 0.15) is 5.75 Å². The van der Waals surface area contributed by atoms with Gasteiger partial charge in [-0.05, 0) is 25.1 Å². The average Bonchev–Trinajstić information content (AvgIpc) is 2.99. The summed E-state index contributed by atoms with van der Waals surface area (Å²) in [6.07, 6.45) is 0.861. The van der Waals surface area contributed by atoms with Crippen molar-refractivity contribution in [3.8, 4) is 5.75 Å². The van der Waals surface area contributed by atoms with Gasteiger partial charge in [-0.15, -0.1) is 0 Å². The summed E-state index contributed by atoms with van der Waals surface area (Å²) in [5.74, 6) is 0.769. The molecule has 0 atom stereocenters. The summed E-state index contributed by atoms with van der Waals surface area (Å²) in [5, 5.41) is 1.21. The molecule has 0 fully saturated rings. The topological polar surface area (TPSA) is 45.3 Å². The van der Waals surface area contributed by atoms with Crippen LogP contribution in [-0.2, 0) is 17.8 Å². The minimum Gasteiger partial charge on any atom is -0.484 e. The van der Waals surface area contributed by atoms with Gasteiger partial charge in [0.25, 0.3) is 5.91 Å². The van der Waals surface area contributed by atoms with Crippen LogP contribution < -0.4 is 4.74 Å². The van der Waals surface area contributed by atoms with Crippen LogP contribution in [0.25, 0.3) is 10.9 Å². The number of nitrogens with zero attached hydrogens (tertiary/aromatic N) is 1. The van der Waals surface area contributed by atoms with Crippen LogP contribution in [0.5, 0.6) is 5.75 Å². The number of aryl methyl sites for hydroxylation is 1. The summed E-state index contributed by atoms with van der Waals surface area (Å²) in [6.45, 7) is 3.49. The molecule has 0 aliphatic carbocycles. The monoisotopic (exact) mass is 320 g/mol. The Kier molecular flexibility index (Phi) is 3.73. The number of carbonyl (C=O) groups is 1. The number of H-pyrrole nitrogens is 1. The Morgan fingerprint density at radius 2 is 1.96 bits per heavy atom. The lowest BCUT2D eigenvalue weighted by molar-refractivity contribution is -0.134. The molecule has 0 saturated heterocycles. The Balaban J connectivity index is 1.45. The molecule has 24 heavy (non-hydrogen) atoms. The molecule has 1 amide bonds. The molecule has 0 saturated carbocycles. The molecule has 122 valence electrons. The number of aromatic nitrogens is 1. The van der Waals surface area contributed by atoms with Crippen molar-refractivity contribution in [1.29, 1.82) is 0 Å². The van der Waals surface area contributed by atoms with Crippen LogP contribution in [0.1, 0.15) is 16.8 Å². The van der Waals surface area contributed by atoms with Gasteiger partial charge in [-0.25, -0.2) is 0 Å². The number of hydrogen-bond donors (Lipinski definition) is 1. The van der Waals surface area contributed by atoms with E-state index in [1.165, 1.54) is 22.2 Å². The molecular weight excluding hydrogens is 300 g/mol. The van der Waals surface area contributed by atoms with Gasteiger partial charge in [-0.1, -0.05) is 35.9 Å². The second kappa shape index (κ2) is 6.04. The molecule has 4 rings (SSSR count). The minimum absolute atomic E-state index is 0.0338. The van der Waals surface area contributed by atoms with Crippen molar-refractivity contribution in [2.45, 2.75) is 19.9 Å². The second-order valence-corrected chi connectivity index (χ2v) is 6.29. The summed E-state index contributed by atoms with van der Waals surface area (Å²) in [6, 6.07) is 16.0. The van der Waals surface area contributed by atoms with Crippen LogP contribution in [0.2, 0.25) is 0 Å². The van der Waals surface area contributed by atoms with Crippen LogP contribution in [-0.4, -0.2) is 28.9 Å². The lowest BCUT2D eigenvalue weighted by Crippen LogP contribution is -2.38. The number of nitrogens with one attached hydrogen (secondary N) is 1. The zero-order valence-corrected chi connectivity index (χ0v) is 13.7. The molecule has 2 aromatic carbocycles. The highest BCUT2D eigenvalue weighted by molar-refractivity contribution is 5.86. The first-order chi connectivity index (χ1) is 11.7. The number of aromatic amines is 1. The third kappa shape index (κ3) is 2.75. The number of hydrogen-bond acceptors (Lipinski definition) is 2. The van der Waals surface area contributed by atoms with Crippen LogP contribution in [0.15, 0.2) is 48.5 Å². The SMILES string of the molecule is Cc1ccc(OCC(=O)N2CCc3[nH]c4ccccc4c3C2)cc1. The maximum absolute atomic E-state index is 12.5. The molecule has 0 spiro atoms. The molecule has 1 N–H and O–H groups in total. The van der Waals surface area contributed by atoms with Gasteiger partial charge in [0.15, 0.2) is 6.61 Å². The Bertz CT molecular complexity index is 880. The number of amides is 1. The van der Waals surface area contributed by atoms with E-state index < -0.39 is 0 Å². The van der Waals surface area contributed by atoms with E-state index in [9.17, 15) is 4.79 Å². The van der Waals surface area contributed by atoms with Crippen molar-refractivity contribution < 1.29 is 9.53 Å². The molecular formula is C20H20N2O2. The third-order valence-electron chi connectivity index (χ3n) is 4.62. The Labute approximate surface area is 141 Å². The summed E-state index contributed by atoms with van der Waals surface area (Å²) in [5.41, 5.74) is 4.81. The van der Waals surface area contributed by atoms with E-state index in [0.29, 0.717) is 6.54 Å². The van der Waals surface area contributed by atoms with E-state index in [-0.39, 0.29) is 12.5 Å². The molecule has 3 aromatic rings. The fourth-order valence-electron chi connectivity index (χ4n) is 3.25. The second-order valence-electron chi connectivity index (χ2n) is 6.29. The van der Waals surface area contributed by atoms with E-state index >= 15 is 0 Å². The quantitative estimate of drug-likeness (QED) is 0.803. The molecule has 0 bridgehead atoms. The molecule has 1 aliphatic heterocycles. The van der Waals surface area contributed by atoms with Gasteiger partial charge < -0.3 is 14.6 Å². The maximum atomic E-state index is 12.5. The zero-order chi connectivity index (χ0) is 16.5. The first kappa shape index (κ1) is 14.8. The smallest absolute Gasteiger partial charge is 0.260 e. The first-order valence-corrected chi connectivity index (χ1v) is 8.26. The Morgan fingerprint density at radius 3 is 2.79 bits per heavy atom. The van der Waals surface area contributed by atoms with Crippen LogP contribution in [0.4, 0.5) is 0 Å². The van der Waals surface area contributed by atoms with Crippen molar-refractivity contribution in [2.75, 3.05) is 13.2 Å². The molecule has 4 nitrogen and oxygen atoms in total. The molecule has 2 heterocycles. The van der Waals surface area contributed by atoms with E-state index in [1.54, 1.807) is 0 Å². The van der Waals surface area contributed by atoms with Crippen molar-refractivity contribution >= 4 is 16.8 Å². The summed E-state index contributed by atoms with van der Waals surface area (Å²) in [4.78, 5) is 17.9. The Hall–Kier alpha value is -2.75. The number of carbonyl (C=O) groups excluding carboxylic acids is 1. The predicted octanol–water partition coefficient (Wildman–Crippen LogP) is 3.44. The first-order valence-electron chi connectivity index (χ1n) is 8.26. The van der Waals surface area contributed by atoms with Gasteiger partial charge in [0.2, 0.25) is 0 Å². The molecule has 4 heteroatoms. The van der Waals surface area contributed by atoms with Crippen LogP contribution in [0.3, 0.4) is 0 Å². The summed E-state index contributed by atoms with van der Waals surface area (Å²) in [7, 11) is 0. The molecule has 1 aromatic heterocycles. The van der Waals surface area contributed by atoms with Gasteiger partial charge >= 0.3 is 0 Å². The normalized spacial score (nSPS) is 13.8. The van der Waals surface area contributed by atoms with E-state index in [0.717, 1.165) is 24.2 Å². The lowest BCUT2D eigenvalue weighted by atomic mass is 10.0. The molecule has 1 aliphatic rings. The fraction of sp³-hybridized carbons (Fsp3) is 0.250. The highest BCUT2D eigenvalue weighted by Crippen LogP contribution is 2.27. The largest absolute Gasteiger partial charge is 0.484 e. The number of ether oxygens (including phenoxy) is 1. The van der Waals surface area contributed by atoms with Gasteiger partial charge in [-0.3, -0.25) is 4.79 Å². The van der Waals surface area contributed by atoms with E-state index in [1.807, 2.05) is 48.2 Å². The minimum atomic E-state index is 0.0338. The Morgan fingerprint density at radius 1 is 1.17 bits per heavy atom. The highest BCUT2D eigenvalue weighted by Gasteiger charge is 2.24. The molecule has 0 unspecified atom stereocenters. The predicted molar refractivity (Wildman–Crippen MR) is 94.1 cm³/mol. The van der Waals surface area contributed by atoms with Crippen LogP contribution >= 0.6 is 0 Å². The van der Waals surface area contributed by atoms with Crippen molar-refractivity contribution in [2.24, 2.45) is 0 Å². The zero-order valence-electron chi connectivity index (χ0n) is 13.7. The van der Waals surface area contributed by atoms with Gasteiger partial charge in [0.05, 0.1) is 0 Å². The van der Waals surface area contributed by atoms with Gasteiger partial charge in [0, 0.05) is 41.7 Å². The summed E-state index contributed by atoms with van der Waals surface area (Å²) >= 11 is 0. The number of para-hydroxylation sites is 1. The maximum Gasteiger partial charge on any atom is 0.260 e. The summed E-state index contributed by atoms with van der Waals surface area (Å²) < 4.78 is 5.63. The fourth-order valence-corrected chi connectivity index (χ4v) is 3.25. The third-order valence-corrected chi connectivity index (χ3v) is 4.62. The van der Waals surface area contributed by atoms with Crippen molar-refractivity contribution in [3.05, 3.63) is 65.4 Å². The number of rotatable bonds is 3. The standard InChI is InChI=1S/C20H20N2O2/c1-14-6-8-15(9-7-14)24-13-20(23)22-11-10-19-17(12-22)16-4-2-3-5-18(16)21-19/h2-9,21H,10-13H2,1H3. The lowest BCUT2D eigenvalue weighted by Gasteiger charge is -2.27. The highest BCUT2D eigenvalue weighted by atomic mass is 16.5. The van der Waals surface area contributed by atoms with E-state index in [4.69, 9.17) is 4.74 Å². The molecule has 0 radical (unpaired) electrons. The van der Waals surface area contributed by atoms with Gasteiger partial charge in [-0.2, -0.15) is 0 Å². The van der Waals surface area contributed by atoms with E-state index in [2.05, 4.69) is 17.1 Å². The number of benzene rings is 2.